The van der Waals surface area contributed by atoms with Crippen LogP contribution in [0.15, 0.2) is 54.6 Å². The molecule has 3 aromatic rings. The molecule has 0 unspecified atom stereocenters. The topological polar surface area (TPSA) is 114 Å². The molecule has 0 aliphatic heterocycles. The van der Waals surface area contributed by atoms with E-state index >= 15 is 0 Å². The van der Waals surface area contributed by atoms with Gasteiger partial charge in [-0.3, -0.25) is 9.59 Å². The highest BCUT2D eigenvalue weighted by atomic mass is 16.4. The third kappa shape index (κ3) is 4.55. The van der Waals surface area contributed by atoms with Crippen LogP contribution in [-0.4, -0.2) is 34.0 Å². The Balaban J connectivity index is 1.62. The van der Waals surface area contributed by atoms with Gasteiger partial charge in [-0.2, -0.15) is 0 Å². The second-order valence-corrected chi connectivity index (χ2v) is 9.47. The summed E-state index contributed by atoms with van der Waals surface area (Å²) in [6, 6.07) is 17.5. The standard InChI is InChI=1S/C28H33N3O4/c1-31-22-16-6-5-14-20(22)23(24(31)26(33)34)28(27(29)35)17-9-7-15-21(28)25(32)30-18-10-8-13-19-11-3-2-4-12-19/h2-6,11-12,14,16,21H,7-10,13,15,17-18H2,1H3,(H2,29,35)(H,30,32)(H,33,34)/t21-,28-/m0/s1. The fourth-order valence-corrected chi connectivity index (χ4v) is 5.77. The quantitative estimate of drug-likeness (QED) is 0.407. The van der Waals surface area contributed by atoms with Gasteiger partial charge in [0.1, 0.15) is 5.69 Å². The van der Waals surface area contributed by atoms with E-state index in [1.807, 2.05) is 42.5 Å². The van der Waals surface area contributed by atoms with Crippen molar-refractivity contribution in [3.8, 4) is 0 Å². The molecule has 1 heterocycles. The molecule has 184 valence electrons. The highest BCUT2D eigenvalue weighted by molar-refractivity contribution is 6.05. The highest BCUT2D eigenvalue weighted by Crippen LogP contribution is 2.48. The van der Waals surface area contributed by atoms with E-state index in [0.29, 0.717) is 42.3 Å². The zero-order valence-corrected chi connectivity index (χ0v) is 20.1. The molecule has 1 saturated carbocycles. The summed E-state index contributed by atoms with van der Waals surface area (Å²) in [7, 11) is 1.68. The summed E-state index contributed by atoms with van der Waals surface area (Å²) >= 11 is 0. The summed E-state index contributed by atoms with van der Waals surface area (Å²) in [5, 5.41) is 13.8. The minimum Gasteiger partial charge on any atom is -0.477 e. The molecule has 2 aromatic carbocycles. The zero-order chi connectivity index (χ0) is 25.0. The van der Waals surface area contributed by atoms with E-state index in [1.54, 1.807) is 11.6 Å². The molecule has 35 heavy (non-hydrogen) atoms. The van der Waals surface area contributed by atoms with E-state index < -0.39 is 23.2 Å². The summed E-state index contributed by atoms with van der Waals surface area (Å²) in [5.74, 6) is -2.72. The number of benzene rings is 2. The molecule has 0 bridgehead atoms. The number of amides is 2. The smallest absolute Gasteiger partial charge is 0.352 e. The van der Waals surface area contributed by atoms with E-state index in [0.717, 1.165) is 25.7 Å². The Morgan fingerprint density at radius 2 is 1.77 bits per heavy atom. The van der Waals surface area contributed by atoms with Gasteiger partial charge >= 0.3 is 5.97 Å². The van der Waals surface area contributed by atoms with Gasteiger partial charge in [-0.25, -0.2) is 4.79 Å². The number of aromatic nitrogens is 1. The van der Waals surface area contributed by atoms with Gasteiger partial charge < -0.3 is 20.7 Å². The van der Waals surface area contributed by atoms with Crippen LogP contribution in [0.3, 0.4) is 0 Å². The number of carboxylic acids is 1. The van der Waals surface area contributed by atoms with Crippen molar-refractivity contribution in [1.29, 1.82) is 0 Å². The number of fused-ring (bicyclic) bond motifs is 1. The first-order valence-electron chi connectivity index (χ1n) is 12.3. The molecule has 0 saturated heterocycles. The number of aromatic carboxylic acids is 1. The second-order valence-electron chi connectivity index (χ2n) is 9.47. The van der Waals surface area contributed by atoms with E-state index in [9.17, 15) is 19.5 Å². The first-order chi connectivity index (χ1) is 16.9. The van der Waals surface area contributed by atoms with Crippen molar-refractivity contribution >= 4 is 28.7 Å². The predicted molar refractivity (Wildman–Crippen MR) is 135 cm³/mol. The fraction of sp³-hybridized carbons (Fsp3) is 0.393. The van der Waals surface area contributed by atoms with Gasteiger partial charge in [-0.1, -0.05) is 61.4 Å². The Hall–Kier alpha value is -3.61. The summed E-state index contributed by atoms with van der Waals surface area (Å²) in [6.45, 7) is 0.498. The molecule has 1 fully saturated rings. The maximum atomic E-state index is 13.5. The molecule has 2 atom stereocenters. The number of hydrogen-bond donors (Lipinski definition) is 3. The molecular formula is C28H33N3O4. The van der Waals surface area contributed by atoms with Gasteiger partial charge in [0.25, 0.3) is 0 Å². The lowest BCUT2D eigenvalue weighted by Gasteiger charge is -2.41. The van der Waals surface area contributed by atoms with Crippen LogP contribution in [0.4, 0.5) is 0 Å². The van der Waals surface area contributed by atoms with Crippen molar-refractivity contribution < 1.29 is 19.5 Å². The molecule has 4 N–H and O–H groups in total. The number of para-hydroxylation sites is 1. The first kappa shape index (κ1) is 24.5. The summed E-state index contributed by atoms with van der Waals surface area (Å²) in [6.07, 6.45) is 5.00. The van der Waals surface area contributed by atoms with Crippen molar-refractivity contribution in [1.82, 2.24) is 9.88 Å². The lowest BCUT2D eigenvalue weighted by molar-refractivity contribution is -0.137. The number of nitrogens with two attached hydrogens (primary N) is 1. The second kappa shape index (κ2) is 10.3. The summed E-state index contributed by atoms with van der Waals surface area (Å²) in [5.41, 5.74) is 7.03. The fourth-order valence-electron chi connectivity index (χ4n) is 5.77. The number of carbonyl (C=O) groups is 3. The SMILES string of the molecule is Cn1c(C(=O)O)c([C@]2(C(N)=O)CCCC[C@H]2C(=O)NCCCCc2ccccc2)c2ccccc21. The van der Waals surface area contributed by atoms with Crippen LogP contribution < -0.4 is 11.1 Å². The molecule has 7 nitrogen and oxygen atoms in total. The van der Waals surface area contributed by atoms with Crippen LogP contribution in [-0.2, 0) is 28.5 Å². The Bertz CT molecular complexity index is 1230. The third-order valence-corrected chi connectivity index (χ3v) is 7.45. The third-order valence-electron chi connectivity index (χ3n) is 7.45. The molecule has 1 aromatic heterocycles. The van der Waals surface area contributed by atoms with Gasteiger partial charge in [-0.15, -0.1) is 0 Å². The number of carbonyl (C=O) groups excluding carboxylic acids is 2. The number of carboxylic acid groups (broad SMARTS) is 1. The lowest BCUT2D eigenvalue weighted by Crippen LogP contribution is -2.55. The molecule has 4 rings (SSSR count). The van der Waals surface area contributed by atoms with Crippen LogP contribution >= 0.6 is 0 Å². The maximum Gasteiger partial charge on any atom is 0.352 e. The van der Waals surface area contributed by atoms with Crippen LogP contribution in [0, 0.1) is 5.92 Å². The Morgan fingerprint density at radius 3 is 2.49 bits per heavy atom. The highest BCUT2D eigenvalue weighted by Gasteiger charge is 2.53. The van der Waals surface area contributed by atoms with E-state index in [2.05, 4.69) is 17.4 Å². The molecule has 0 spiro atoms. The van der Waals surface area contributed by atoms with Crippen molar-refractivity contribution in [2.75, 3.05) is 6.54 Å². The number of primary amides is 1. The molecule has 0 radical (unpaired) electrons. The molecule has 7 heteroatoms. The number of nitrogens with zero attached hydrogens (tertiary/aromatic N) is 1. The van der Waals surface area contributed by atoms with E-state index in [1.165, 1.54) is 5.56 Å². The minimum absolute atomic E-state index is 0.0209. The van der Waals surface area contributed by atoms with Crippen molar-refractivity contribution in [3.05, 3.63) is 71.4 Å². The van der Waals surface area contributed by atoms with E-state index in [4.69, 9.17) is 5.73 Å². The summed E-state index contributed by atoms with van der Waals surface area (Å²) < 4.78 is 1.59. The van der Waals surface area contributed by atoms with E-state index in [-0.39, 0.29) is 11.6 Å². The van der Waals surface area contributed by atoms with Crippen LogP contribution in [0.2, 0.25) is 0 Å². The molecule has 1 aliphatic rings. The van der Waals surface area contributed by atoms with Crippen LogP contribution in [0.5, 0.6) is 0 Å². The molecule has 2 amide bonds. The maximum absolute atomic E-state index is 13.5. The molecular weight excluding hydrogens is 442 g/mol. The summed E-state index contributed by atoms with van der Waals surface area (Å²) in [4.78, 5) is 39.1. The average Bonchev–Trinajstić information content (AvgIpc) is 3.17. The van der Waals surface area contributed by atoms with Crippen molar-refractivity contribution in [2.24, 2.45) is 18.7 Å². The molecule has 1 aliphatic carbocycles. The van der Waals surface area contributed by atoms with Crippen LogP contribution in [0.25, 0.3) is 10.9 Å². The van der Waals surface area contributed by atoms with Gasteiger partial charge in [0.2, 0.25) is 11.8 Å². The van der Waals surface area contributed by atoms with Gasteiger partial charge in [0.15, 0.2) is 0 Å². The monoisotopic (exact) mass is 475 g/mol. The van der Waals surface area contributed by atoms with Gasteiger partial charge in [-0.05, 0) is 43.7 Å². The number of nitrogens with one attached hydrogen (secondary N) is 1. The number of rotatable bonds is 9. The predicted octanol–water partition coefficient (Wildman–Crippen LogP) is 3.93. The lowest BCUT2D eigenvalue weighted by atomic mass is 9.60. The van der Waals surface area contributed by atoms with Crippen molar-refractivity contribution in [2.45, 2.75) is 50.4 Å². The van der Waals surface area contributed by atoms with Gasteiger partial charge in [0, 0.05) is 30.1 Å². The van der Waals surface area contributed by atoms with Crippen LogP contribution in [0.1, 0.15) is 60.1 Å². The Labute approximate surface area is 205 Å². The number of unbranched alkanes of at least 4 members (excludes halogenated alkanes) is 1. The first-order valence-corrected chi connectivity index (χ1v) is 12.3. The zero-order valence-electron chi connectivity index (χ0n) is 20.1. The Morgan fingerprint density at radius 1 is 1.06 bits per heavy atom. The minimum atomic E-state index is -1.37. The number of hydrogen-bond acceptors (Lipinski definition) is 3. The normalized spacial score (nSPS) is 20.0. The largest absolute Gasteiger partial charge is 0.477 e. The Kier molecular flexibility index (Phi) is 7.24. The average molecular weight is 476 g/mol. The number of aryl methyl sites for hydroxylation is 2. The van der Waals surface area contributed by atoms with Crippen molar-refractivity contribution in [3.63, 3.8) is 0 Å². The van der Waals surface area contributed by atoms with Gasteiger partial charge in [0.05, 0.1) is 11.3 Å².